The average Bonchev–Trinajstić information content (AvgIpc) is 3.33. The van der Waals surface area contributed by atoms with E-state index in [9.17, 15) is 9.59 Å². The minimum absolute atomic E-state index is 0.0539. The number of hydrogen-bond acceptors (Lipinski definition) is 7. The van der Waals surface area contributed by atoms with Crippen molar-refractivity contribution in [2.75, 3.05) is 13.7 Å². The van der Waals surface area contributed by atoms with Crippen LogP contribution in [0, 0.1) is 11.3 Å². The Bertz CT molecular complexity index is 1120. The molecule has 0 spiro atoms. The summed E-state index contributed by atoms with van der Waals surface area (Å²) in [5.74, 6) is 1.19. The zero-order valence-electron chi connectivity index (χ0n) is 18.0. The van der Waals surface area contributed by atoms with E-state index in [1.807, 2.05) is 36.4 Å². The number of methoxy groups -OCH3 is 1. The first-order valence-corrected chi connectivity index (χ1v) is 10.2. The monoisotopic (exact) mass is 449 g/mol. The normalized spacial score (nSPS) is 10.1. The van der Waals surface area contributed by atoms with Crippen LogP contribution in [0.15, 0.2) is 65.1 Å². The van der Waals surface area contributed by atoms with Crippen LogP contribution in [0.5, 0.6) is 17.2 Å². The van der Waals surface area contributed by atoms with Crippen molar-refractivity contribution in [3.8, 4) is 23.3 Å². The highest BCUT2D eigenvalue weighted by Crippen LogP contribution is 2.27. The second-order valence-electron chi connectivity index (χ2n) is 6.80. The van der Waals surface area contributed by atoms with E-state index in [0.717, 1.165) is 0 Å². The zero-order chi connectivity index (χ0) is 23.5. The van der Waals surface area contributed by atoms with Crippen LogP contribution in [-0.4, -0.2) is 25.5 Å². The molecule has 0 aliphatic rings. The Morgan fingerprint density at radius 2 is 1.82 bits per heavy atom. The molecule has 0 radical (unpaired) electrons. The summed E-state index contributed by atoms with van der Waals surface area (Å²) in [6, 6.07) is 19.2. The number of carbonyl (C=O) groups is 2. The first-order valence-electron chi connectivity index (χ1n) is 10.2. The summed E-state index contributed by atoms with van der Waals surface area (Å²) in [7, 11) is 1.48. The summed E-state index contributed by atoms with van der Waals surface area (Å²) < 4.78 is 21.8. The van der Waals surface area contributed by atoms with Gasteiger partial charge in [-0.3, -0.25) is 20.4 Å². The van der Waals surface area contributed by atoms with Gasteiger partial charge >= 0.3 is 5.91 Å². The summed E-state index contributed by atoms with van der Waals surface area (Å²) in [6.45, 7) is 0.431. The molecule has 3 rings (SSSR count). The Morgan fingerprint density at radius 3 is 2.58 bits per heavy atom. The fourth-order valence-electron chi connectivity index (χ4n) is 2.77. The summed E-state index contributed by atoms with van der Waals surface area (Å²) >= 11 is 0. The van der Waals surface area contributed by atoms with Gasteiger partial charge < -0.3 is 18.6 Å². The number of amides is 2. The van der Waals surface area contributed by atoms with Crippen molar-refractivity contribution in [2.24, 2.45) is 0 Å². The Balaban J connectivity index is 1.36. The highest BCUT2D eigenvalue weighted by molar-refractivity contribution is 5.92. The summed E-state index contributed by atoms with van der Waals surface area (Å²) in [5, 5.41) is 8.92. The molecule has 0 saturated heterocycles. The van der Waals surface area contributed by atoms with Gasteiger partial charge in [-0.15, -0.1) is 0 Å². The van der Waals surface area contributed by atoms with Crippen molar-refractivity contribution in [3.63, 3.8) is 0 Å². The number of nitrogens with one attached hydrogen (secondary N) is 2. The molecule has 0 atom stereocenters. The smallest absolute Gasteiger partial charge is 0.305 e. The Kier molecular flexibility index (Phi) is 8.31. The maximum Gasteiger partial charge on any atom is 0.305 e. The van der Waals surface area contributed by atoms with Crippen LogP contribution in [0.2, 0.25) is 0 Å². The molecule has 2 aromatic carbocycles. The number of ether oxygens (including phenoxy) is 3. The van der Waals surface area contributed by atoms with E-state index in [2.05, 4.69) is 10.9 Å². The van der Waals surface area contributed by atoms with Gasteiger partial charge in [-0.1, -0.05) is 18.2 Å². The lowest BCUT2D eigenvalue weighted by Gasteiger charge is -2.11. The number of benzene rings is 2. The van der Waals surface area contributed by atoms with E-state index < -0.39 is 5.91 Å². The van der Waals surface area contributed by atoms with Gasteiger partial charge in [0, 0.05) is 12.5 Å². The van der Waals surface area contributed by atoms with E-state index in [4.69, 9.17) is 23.9 Å². The van der Waals surface area contributed by atoms with Crippen LogP contribution >= 0.6 is 0 Å². The molecule has 0 unspecified atom stereocenters. The zero-order valence-corrected chi connectivity index (χ0v) is 18.0. The number of nitriles is 1. The molecule has 1 heterocycles. The molecule has 0 aliphatic carbocycles. The van der Waals surface area contributed by atoms with Gasteiger partial charge in [-0.2, -0.15) is 5.26 Å². The van der Waals surface area contributed by atoms with Crippen molar-refractivity contribution in [1.82, 2.24) is 10.9 Å². The van der Waals surface area contributed by atoms with Crippen LogP contribution in [0.1, 0.15) is 34.7 Å². The van der Waals surface area contributed by atoms with Crippen molar-refractivity contribution in [1.29, 1.82) is 5.26 Å². The van der Waals surface area contributed by atoms with Crippen LogP contribution in [-0.2, 0) is 11.4 Å². The number of hydrazine groups is 1. The quantitative estimate of drug-likeness (QED) is 0.359. The second kappa shape index (κ2) is 11.8. The predicted octanol–water partition coefficient (Wildman–Crippen LogP) is 3.36. The van der Waals surface area contributed by atoms with Crippen LogP contribution in [0.3, 0.4) is 0 Å². The number of rotatable bonds is 10. The molecule has 0 saturated carbocycles. The molecule has 33 heavy (non-hydrogen) atoms. The Labute approximate surface area is 190 Å². The van der Waals surface area contributed by atoms with Gasteiger partial charge in [0.2, 0.25) is 5.91 Å². The summed E-state index contributed by atoms with van der Waals surface area (Å²) in [6.07, 6.45) is 0.541. The highest BCUT2D eigenvalue weighted by atomic mass is 16.5. The van der Waals surface area contributed by atoms with E-state index in [1.165, 1.54) is 13.2 Å². The fourth-order valence-corrected chi connectivity index (χ4v) is 2.77. The van der Waals surface area contributed by atoms with Gasteiger partial charge in [-0.05, 0) is 42.8 Å². The largest absolute Gasteiger partial charge is 0.493 e. The Morgan fingerprint density at radius 1 is 1.00 bits per heavy atom. The van der Waals surface area contributed by atoms with Crippen LogP contribution in [0.25, 0.3) is 0 Å². The SMILES string of the molecule is COc1cc(C#N)ccc1OCCCC(=O)NNC(=O)c1ccc(COc2ccccc2)o1. The van der Waals surface area contributed by atoms with Gasteiger partial charge in [0.1, 0.15) is 18.1 Å². The Hall–Kier alpha value is -4.45. The van der Waals surface area contributed by atoms with Gasteiger partial charge in [-0.25, -0.2) is 0 Å². The maximum absolute atomic E-state index is 12.2. The van der Waals surface area contributed by atoms with Crippen molar-refractivity contribution < 1.29 is 28.2 Å². The number of hydrogen-bond donors (Lipinski definition) is 2. The molecule has 0 bridgehead atoms. The first-order chi connectivity index (χ1) is 16.1. The molecule has 1 aromatic heterocycles. The van der Waals surface area contributed by atoms with E-state index in [-0.39, 0.29) is 31.3 Å². The number of furan rings is 1. The third-order valence-electron chi connectivity index (χ3n) is 4.42. The minimum atomic E-state index is -0.576. The first kappa shape index (κ1) is 23.2. The second-order valence-corrected chi connectivity index (χ2v) is 6.80. The molecule has 2 N–H and O–H groups in total. The molecular formula is C24H23N3O6. The molecule has 170 valence electrons. The lowest BCUT2D eigenvalue weighted by Crippen LogP contribution is -2.41. The van der Waals surface area contributed by atoms with E-state index in [0.29, 0.717) is 35.0 Å². The third kappa shape index (κ3) is 7.04. The van der Waals surface area contributed by atoms with Crippen LogP contribution in [0.4, 0.5) is 0 Å². The maximum atomic E-state index is 12.2. The molecule has 9 heteroatoms. The van der Waals surface area contributed by atoms with Gasteiger partial charge in [0.05, 0.1) is 25.3 Å². The predicted molar refractivity (Wildman–Crippen MR) is 118 cm³/mol. The summed E-state index contributed by atoms with van der Waals surface area (Å²) in [5.41, 5.74) is 5.11. The molecular weight excluding hydrogens is 426 g/mol. The molecule has 0 fully saturated rings. The van der Waals surface area contributed by atoms with E-state index >= 15 is 0 Å². The number of carbonyl (C=O) groups excluding carboxylic acids is 2. The fraction of sp³-hybridized carbons (Fsp3) is 0.208. The molecule has 3 aromatic rings. The average molecular weight is 449 g/mol. The van der Waals surface area contributed by atoms with Crippen LogP contribution < -0.4 is 25.1 Å². The lowest BCUT2D eigenvalue weighted by atomic mass is 10.2. The molecule has 9 nitrogen and oxygen atoms in total. The lowest BCUT2D eigenvalue weighted by molar-refractivity contribution is -0.122. The standard InChI is InChI=1S/C24H23N3O6/c1-30-22-14-17(15-25)9-11-20(22)31-13-5-8-23(28)26-27-24(29)21-12-10-19(33-21)16-32-18-6-3-2-4-7-18/h2-4,6-7,9-12,14H,5,8,13,16H2,1H3,(H,26,28)(H,27,29). The number of para-hydroxylation sites is 1. The topological polar surface area (TPSA) is 123 Å². The minimum Gasteiger partial charge on any atom is -0.493 e. The number of nitrogens with zero attached hydrogens (tertiary/aromatic N) is 1. The molecule has 0 aliphatic heterocycles. The highest BCUT2D eigenvalue weighted by Gasteiger charge is 2.13. The third-order valence-corrected chi connectivity index (χ3v) is 4.42. The van der Waals surface area contributed by atoms with E-state index in [1.54, 1.807) is 24.3 Å². The van der Waals surface area contributed by atoms with Crippen molar-refractivity contribution in [2.45, 2.75) is 19.4 Å². The summed E-state index contributed by atoms with van der Waals surface area (Å²) in [4.78, 5) is 24.1. The van der Waals surface area contributed by atoms with Crippen molar-refractivity contribution >= 4 is 11.8 Å². The van der Waals surface area contributed by atoms with Crippen molar-refractivity contribution in [3.05, 3.63) is 77.7 Å². The van der Waals surface area contributed by atoms with Gasteiger partial charge in [0.15, 0.2) is 17.3 Å². The van der Waals surface area contributed by atoms with Gasteiger partial charge in [0.25, 0.3) is 0 Å². The molecule has 2 amide bonds.